The van der Waals surface area contributed by atoms with E-state index in [1.807, 2.05) is 39.0 Å². The van der Waals surface area contributed by atoms with E-state index in [0.717, 1.165) is 30.4 Å². The summed E-state index contributed by atoms with van der Waals surface area (Å²) in [6, 6.07) is 8.34. The molecule has 0 aromatic heterocycles. The molecular formula is C28H38N2O4. The summed E-state index contributed by atoms with van der Waals surface area (Å²) in [5, 5.41) is 12.9. The Morgan fingerprint density at radius 1 is 1.00 bits per heavy atom. The minimum atomic E-state index is -0.873. The molecule has 2 aliphatic heterocycles. The fourth-order valence-corrected chi connectivity index (χ4v) is 8.91. The zero-order chi connectivity index (χ0) is 23.9. The molecule has 2 heterocycles. The smallest absolute Gasteiger partial charge is 0.414 e. The number of carbonyl (C=O) groups is 2. The fourth-order valence-electron chi connectivity index (χ4n) is 8.91. The molecule has 0 atom stereocenters. The van der Waals surface area contributed by atoms with E-state index in [0.29, 0.717) is 31.5 Å². The average molecular weight is 467 g/mol. The average Bonchev–Trinajstić information content (AvgIpc) is 3.08. The lowest BCUT2D eigenvalue weighted by Crippen LogP contribution is -2.73. The van der Waals surface area contributed by atoms with Crippen LogP contribution < -0.4 is 10.0 Å². The summed E-state index contributed by atoms with van der Waals surface area (Å²) in [6.07, 6.45) is 6.56. The van der Waals surface area contributed by atoms with Crippen molar-refractivity contribution >= 4 is 17.9 Å². The van der Waals surface area contributed by atoms with Crippen molar-refractivity contribution in [1.82, 2.24) is 0 Å². The maximum Gasteiger partial charge on any atom is 0.414 e. The van der Waals surface area contributed by atoms with Gasteiger partial charge in [-0.3, -0.25) is 9.38 Å². The number of likely N-dealkylation sites (tertiary alicyclic amines) is 1. The molecule has 0 unspecified atom stereocenters. The normalized spacial score (nSPS) is 40.4. The highest BCUT2D eigenvalue weighted by molar-refractivity contribution is 5.91. The number of ether oxygens (including phenoxy) is 1. The van der Waals surface area contributed by atoms with Crippen LogP contribution in [0.25, 0.3) is 0 Å². The number of anilines is 1. The van der Waals surface area contributed by atoms with Crippen LogP contribution in [-0.4, -0.2) is 47.9 Å². The molecule has 4 bridgehead atoms. The number of piperidine rings is 1. The van der Waals surface area contributed by atoms with Gasteiger partial charge in [-0.25, -0.2) is 4.79 Å². The second-order valence-corrected chi connectivity index (χ2v) is 13.0. The van der Waals surface area contributed by atoms with Gasteiger partial charge in [0.2, 0.25) is 0 Å². The number of rotatable bonds is 1. The maximum absolute atomic E-state index is 13.1. The molecule has 1 spiro atoms. The van der Waals surface area contributed by atoms with Crippen molar-refractivity contribution < 1.29 is 23.9 Å². The minimum absolute atomic E-state index is 0.144. The van der Waals surface area contributed by atoms with Crippen LogP contribution in [0.5, 0.6) is 0 Å². The number of amides is 2. The number of benzene rings is 1. The van der Waals surface area contributed by atoms with Crippen molar-refractivity contribution in [1.29, 1.82) is 0 Å². The molecule has 0 radical (unpaired) electrons. The van der Waals surface area contributed by atoms with Gasteiger partial charge in [0.05, 0.1) is 18.8 Å². The third-order valence-corrected chi connectivity index (χ3v) is 9.93. The molecule has 7 rings (SSSR count). The van der Waals surface area contributed by atoms with E-state index in [1.54, 1.807) is 4.90 Å². The lowest BCUT2D eigenvalue weighted by Gasteiger charge is -2.61. The molecule has 6 aliphatic rings. The Balaban J connectivity index is 1.28. The van der Waals surface area contributed by atoms with Crippen LogP contribution in [0, 0.1) is 23.7 Å². The molecule has 5 fully saturated rings. The van der Waals surface area contributed by atoms with Crippen LogP contribution >= 0.6 is 0 Å². The Morgan fingerprint density at radius 3 is 2.15 bits per heavy atom. The first kappa shape index (κ1) is 22.4. The molecule has 184 valence electrons. The second kappa shape index (κ2) is 7.46. The quantitative estimate of drug-likeness (QED) is 0.573. The van der Waals surface area contributed by atoms with E-state index in [-0.39, 0.29) is 22.0 Å². The molecule has 4 aliphatic carbocycles. The Hall–Kier alpha value is -2.08. The first-order valence-electron chi connectivity index (χ1n) is 13.3. The highest BCUT2D eigenvalue weighted by Crippen LogP contribution is 2.58. The third kappa shape index (κ3) is 3.31. The van der Waals surface area contributed by atoms with E-state index in [2.05, 4.69) is 6.07 Å². The highest BCUT2D eigenvalue weighted by atomic mass is 16.6. The van der Waals surface area contributed by atoms with Crippen molar-refractivity contribution in [2.24, 2.45) is 23.7 Å². The van der Waals surface area contributed by atoms with Gasteiger partial charge in [-0.15, -0.1) is 0 Å². The number of quaternary nitrogens is 1. The van der Waals surface area contributed by atoms with Crippen molar-refractivity contribution in [2.45, 2.75) is 82.8 Å². The van der Waals surface area contributed by atoms with Crippen molar-refractivity contribution in [3.8, 4) is 0 Å². The molecule has 4 saturated carbocycles. The fraction of sp³-hybridized carbons (Fsp3) is 0.714. The standard InChI is InChI=1S/C28H38N2O4/c1-27(2,3)34-25(31)29-17-28(22-6-4-5-7-23(22)29)8-10-30(11-9-28,26(32)33)24-20-13-18-12-19(15-20)16-21(24)14-18/h4-7,18-21,24H,8-17H2,1-3H3. The number of carboxylic acid groups (broad SMARTS) is 1. The van der Waals surface area contributed by atoms with E-state index in [9.17, 15) is 14.7 Å². The Bertz CT molecular complexity index is 976. The Kier molecular flexibility index (Phi) is 4.91. The molecule has 6 nitrogen and oxygen atoms in total. The van der Waals surface area contributed by atoms with Crippen molar-refractivity contribution in [3.63, 3.8) is 0 Å². The summed E-state index contributed by atoms with van der Waals surface area (Å²) in [7, 11) is 0. The van der Waals surface area contributed by atoms with Gasteiger partial charge in [0, 0.05) is 36.6 Å². The molecule has 6 heteroatoms. The highest BCUT2D eigenvalue weighted by Gasteiger charge is 2.60. The van der Waals surface area contributed by atoms with Crippen LogP contribution in [0.3, 0.4) is 0 Å². The van der Waals surface area contributed by atoms with Gasteiger partial charge >= 0.3 is 6.09 Å². The first-order chi connectivity index (χ1) is 16.1. The zero-order valence-electron chi connectivity index (χ0n) is 20.8. The third-order valence-electron chi connectivity index (χ3n) is 9.93. The molecule has 2 amide bonds. The number of para-hydroxylation sites is 1. The predicted molar refractivity (Wildman–Crippen MR) is 127 cm³/mol. The van der Waals surface area contributed by atoms with Gasteiger partial charge < -0.3 is 14.6 Å². The van der Waals surface area contributed by atoms with Crippen LogP contribution in [0.1, 0.15) is 71.3 Å². The largest absolute Gasteiger partial charge is 0.498 e. The van der Waals surface area contributed by atoms with E-state index in [1.165, 1.54) is 37.7 Å². The summed E-state index contributed by atoms with van der Waals surface area (Å²) in [5.74, 6) is 2.72. The summed E-state index contributed by atoms with van der Waals surface area (Å²) in [6.45, 7) is 7.44. The predicted octanol–water partition coefficient (Wildman–Crippen LogP) is 4.46. The molecule has 1 aromatic carbocycles. The van der Waals surface area contributed by atoms with Crippen LogP contribution in [0.15, 0.2) is 24.3 Å². The van der Waals surface area contributed by atoms with Crippen molar-refractivity contribution in [2.75, 3.05) is 24.5 Å². The summed E-state index contributed by atoms with van der Waals surface area (Å²) < 4.78 is 5.87. The van der Waals surface area contributed by atoms with Gasteiger partial charge in [-0.2, -0.15) is 0 Å². The van der Waals surface area contributed by atoms with Crippen LogP contribution in [0.2, 0.25) is 0 Å². The van der Waals surface area contributed by atoms with E-state index in [4.69, 9.17) is 4.74 Å². The minimum Gasteiger partial charge on any atom is -0.498 e. The van der Waals surface area contributed by atoms with Crippen LogP contribution in [-0.2, 0) is 10.2 Å². The van der Waals surface area contributed by atoms with Gasteiger partial charge in [-0.05, 0) is 76.3 Å². The van der Waals surface area contributed by atoms with E-state index >= 15 is 0 Å². The first-order valence-corrected chi connectivity index (χ1v) is 13.3. The molecule has 0 N–H and O–H groups in total. The maximum atomic E-state index is 13.1. The summed E-state index contributed by atoms with van der Waals surface area (Å²) >= 11 is 0. The molecular weight excluding hydrogens is 428 g/mol. The lowest BCUT2D eigenvalue weighted by atomic mass is 9.53. The Morgan fingerprint density at radius 2 is 1.59 bits per heavy atom. The molecule has 1 aromatic rings. The number of hydrogen-bond donors (Lipinski definition) is 0. The lowest BCUT2D eigenvalue weighted by molar-refractivity contribution is -0.915. The number of carbonyl (C=O) groups excluding carboxylic acids is 2. The number of nitrogens with zero attached hydrogens (tertiary/aromatic N) is 2. The van der Waals surface area contributed by atoms with Gasteiger partial charge in [0.15, 0.2) is 0 Å². The topological polar surface area (TPSA) is 69.7 Å². The zero-order valence-corrected chi connectivity index (χ0v) is 20.8. The van der Waals surface area contributed by atoms with E-state index < -0.39 is 11.7 Å². The SMILES string of the molecule is CC(C)(C)OC(=O)N1CC2(CC[N+](C(=O)[O-])(C3C4CC5CC(C4)CC3C5)CC2)c2ccccc21. The van der Waals surface area contributed by atoms with Gasteiger partial charge in [0.1, 0.15) is 11.6 Å². The monoisotopic (exact) mass is 466 g/mol. The van der Waals surface area contributed by atoms with Crippen LogP contribution in [0.4, 0.5) is 15.3 Å². The van der Waals surface area contributed by atoms with Crippen molar-refractivity contribution in [3.05, 3.63) is 29.8 Å². The summed E-state index contributed by atoms with van der Waals surface area (Å²) in [4.78, 5) is 27.7. The molecule has 34 heavy (non-hydrogen) atoms. The second-order valence-electron chi connectivity index (χ2n) is 13.0. The number of hydrogen-bond acceptors (Lipinski definition) is 4. The number of fused-ring (bicyclic) bond motifs is 2. The van der Waals surface area contributed by atoms with Gasteiger partial charge in [-0.1, -0.05) is 18.2 Å². The molecule has 1 saturated heterocycles. The summed E-state index contributed by atoms with van der Waals surface area (Å²) in [5.41, 5.74) is 1.31. The van der Waals surface area contributed by atoms with Gasteiger partial charge in [0.25, 0.3) is 6.09 Å². The Labute approximate surface area is 202 Å².